The van der Waals surface area contributed by atoms with Gasteiger partial charge in [0.2, 0.25) is 0 Å². The third-order valence-electron chi connectivity index (χ3n) is 10.1. The molecule has 4 N–H and O–H groups in total. The predicted molar refractivity (Wildman–Crippen MR) is 187 cm³/mol. The molecule has 15 heteroatoms. The average Bonchev–Trinajstić information content (AvgIpc) is 3.03. The molecule has 9 unspecified atom stereocenters. The van der Waals surface area contributed by atoms with Crippen LogP contribution < -0.4 is 0 Å². The lowest BCUT2D eigenvalue weighted by atomic mass is 9.82. The molecule has 2 saturated heterocycles. The van der Waals surface area contributed by atoms with Crippen LogP contribution in [-0.4, -0.2) is 150 Å². The third-order valence-corrected chi connectivity index (χ3v) is 10.1. The number of nitrogens with zero attached hydrogens (tertiary/aromatic N) is 1. The number of hydrogen-bond acceptors (Lipinski definition) is 15. The quantitative estimate of drug-likeness (QED) is 0.195. The number of aliphatic hydroxyl groups is 4. The van der Waals surface area contributed by atoms with Crippen molar-refractivity contribution in [2.75, 3.05) is 21.2 Å². The van der Waals surface area contributed by atoms with Crippen LogP contribution in [0.2, 0.25) is 0 Å². The smallest absolute Gasteiger partial charge is 0.309 e. The Balaban J connectivity index is 2.03. The summed E-state index contributed by atoms with van der Waals surface area (Å²) in [7, 11) is 4.86. The molecule has 2 fully saturated rings. The Hall–Kier alpha value is -2.31. The van der Waals surface area contributed by atoms with E-state index in [0.717, 1.165) is 0 Å². The molecular formula is C37H61NO14. The normalized spacial score (nSPS) is 44.0. The molecule has 3 heterocycles. The summed E-state index contributed by atoms with van der Waals surface area (Å²) in [4.78, 5) is 39.5. The van der Waals surface area contributed by atoms with Crippen LogP contribution in [0.25, 0.3) is 0 Å². The summed E-state index contributed by atoms with van der Waals surface area (Å²) in [6.45, 7) is 9.61. The molecule has 0 aromatic rings. The Morgan fingerprint density at radius 2 is 1.73 bits per heavy atom. The maximum absolute atomic E-state index is 13.2. The van der Waals surface area contributed by atoms with E-state index >= 15 is 0 Å². The van der Waals surface area contributed by atoms with Crippen LogP contribution in [-0.2, 0) is 47.5 Å². The van der Waals surface area contributed by atoms with Gasteiger partial charge in [-0.2, -0.15) is 0 Å². The summed E-state index contributed by atoms with van der Waals surface area (Å²) in [6.07, 6.45) is -4.17. The number of hydrogen-bond donors (Lipinski definition) is 4. The third kappa shape index (κ3) is 11.8. The minimum Gasteiger partial charge on any atom is -0.462 e. The van der Waals surface area contributed by atoms with Crippen LogP contribution in [0.1, 0.15) is 73.6 Å². The summed E-state index contributed by atoms with van der Waals surface area (Å²) in [5, 5.41) is 44.1. The number of likely N-dealkylation sites (N-methyl/N-ethyl adjacent to an activating group) is 1. The molecule has 15 nitrogen and oxygen atoms in total. The Morgan fingerprint density at radius 1 is 1.04 bits per heavy atom. The van der Waals surface area contributed by atoms with Crippen LogP contribution in [0.4, 0.5) is 0 Å². The van der Waals surface area contributed by atoms with Gasteiger partial charge in [-0.05, 0) is 60.0 Å². The summed E-state index contributed by atoms with van der Waals surface area (Å²) in [5.41, 5.74) is -1.48. The molecule has 0 aromatic heterocycles. The van der Waals surface area contributed by atoms with Crippen LogP contribution >= 0.6 is 0 Å². The molecule has 0 spiro atoms. The average molecular weight is 744 g/mol. The van der Waals surface area contributed by atoms with Gasteiger partial charge in [0.05, 0.1) is 42.5 Å². The van der Waals surface area contributed by atoms with E-state index in [1.165, 1.54) is 21.0 Å². The van der Waals surface area contributed by atoms with Crippen molar-refractivity contribution in [3.05, 3.63) is 24.3 Å². The van der Waals surface area contributed by atoms with Gasteiger partial charge in [-0.15, -0.1) is 0 Å². The number of carbonyl (C=O) groups is 3. The molecule has 0 amide bonds. The minimum atomic E-state index is -1.48. The second-order valence-electron chi connectivity index (χ2n) is 14.9. The molecule has 3 aliphatic heterocycles. The zero-order chi connectivity index (χ0) is 38.9. The lowest BCUT2D eigenvalue weighted by Gasteiger charge is -2.50. The molecule has 0 aliphatic carbocycles. The SMILES string of the molecule is CO[C@@H]1[C@@H](OC2OC(C)C(OC3CC(C)(O)C(O)C(C)O3)C(N(C)C)C2O)[C@@H](CC=O)C[C@@H](C)[C@H](O)/C=C/C=C/C[C@@H](C)OC(=O)C[C@H]1OC(C)=O. The topological polar surface area (TPSA) is 200 Å². The summed E-state index contributed by atoms with van der Waals surface area (Å²) in [6, 6.07) is -0.749. The van der Waals surface area contributed by atoms with Gasteiger partial charge < -0.3 is 63.3 Å². The van der Waals surface area contributed by atoms with E-state index in [1.807, 2.05) is 13.0 Å². The van der Waals surface area contributed by atoms with Gasteiger partial charge >= 0.3 is 11.9 Å². The van der Waals surface area contributed by atoms with Crippen molar-refractivity contribution in [1.82, 2.24) is 4.90 Å². The number of esters is 2. The largest absolute Gasteiger partial charge is 0.462 e. The summed E-state index contributed by atoms with van der Waals surface area (Å²) < 4.78 is 42.3. The van der Waals surface area contributed by atoms with Crippen molar-refractivity contribution in [1.29, 1.82) is 0 Å². The van der Waals surface area contributed by atoms with E-state index in [9.17, 15) is 34.8 Å². The first-order valence-corrected chi connectivity index (χ1v) is 18.1. The maximum atomic E-state index is 13.2. The number of allylic oxidation sites excluding steroid dienone is 2. The number of aliphatic hydroxyl groups excluding tert-OH is 3. The minimum absolute atomic E-state index is 0.0306. The second kappa shape index (κ2) is 19.9. The van der Waals surface area contributed by atoms with Crippen LogP contribution in [0.3, 0.4) is 0 Å². The number of cyclic esters (lactones) is 1. The number of rotatable bonds is 9. The fourth-order valence-electron chi connectivity index (χ4n) is 7.34. The highest BCUT2D eigenvalue weighted by atomic mass is 16.7. The fraction of sp³-hybridized carbons (Fsp3) is 0.811. The van der Waals surface area contributed by atoms with Crippen molar-refractivity contribution >= 4 is 18.2 Å². The Morgan fingerprint density at radius 3 is 2.33 bits per heavy atom. The predicted octanol–water partition coefficient (Wildman–Crippen LogP) is 1.42. The monoisotopic (exact) mass is 743 g/mol. The maximum Gasteiger partial charge on any atom is 0.309 e. The van der Waals surface area contributed by atoms with Gasteiger partial charge in [-0.25, -0.2) is 0 Å². The molecule has 0 bridgehead atoms. The van der Waals surface area contributed by atoms with E-state index in [0.29, 0.717) is 12.7 Å². The van der Waals surface area contributed by atoms with E-state index in [4.69, 9.17) is 33.2 Å². The first-order chi connectivity index (χ1) is 24.4. The number of aldehydes is 1. The van der Waals surface area contributed by atoms with Gasteiger partial charge in [0.15, 0.2) is 12.6 Å². The van der Waals surface area contributed by atoms with Crippen molar-refractivity contribution in [3.63, 3.8) is 0 Å². The first kappa shape index (κ1) is 44.1. The zero-order valence-electron chi connectivity index (χ0n) is 31.9. The summed E-state index contributed by atoms with van der Waals surface area (Å²) in [5.74, 6) is -2.40. The van der Waals surface area contributed by atoms with Crippen LogP contribution in [0.15, 0.2) is 24.3 Å². The Labute approximate surface area is 307 Å². The van der Waals surface area contributed by atoms with Gasteiger partial charge in [-0.3, -0.25) is 9.59 Å². The number of carbonyl (C=O) groups excluding carboxylic acids is 3. The molecule has 0 saturated carbocycles. The van der Waals surface area contributed by atoms with Gasteiger partial charge in [0, 0.05) is 33.3 Å². The zero-order valence-corrected chi connectivity index (χ0v) is 31.9. The molecule has 3 rings (SSSR count). The lowest BCUT2D eigenvalue weighted by molar-refractivity contribution is -0.344. The molecule has 0 aromatic carbocycles. The number of ether oxygens (including phenoxy) is 7. The van der Waals surface area contributed by atoms with E-state index in [2.05, 4.69) is 0 Å². The Bertz CT molecular complexity index is 1210. The van der Waals surface area contributed by atoms with Gasteiger partial charge in [0.1, 0.15) is 42.9 Å². The molecular weight excluding hydrogens is 682 g/mol. The van der Waals surface area contributed by atoms with Crippen molar-refractivity contribution in [3.8, 4) is 0 Å². The standard InChI is InChI=1S/C37H61NO14/c1-20-17-25(15-16-39)33(34(46-9)27(50-24(5)40)18-28(42)47-21(2)13-11-10-12-14-26(20)41)52-36-31(43)30(38(7)8)32(22(3)49-36)51-29-19-37(6,45)35(44)23(4)48-29/h10-12,14,16,20-23,25-27,29-36,41,43-45H,13,15,17-19H2,1-9H3/b11-10+,14-12+/t20-,21-,22?,23?,25+,26-,27-,29?,30?,31?,32?,33+,34+,35?,36?,37?/m1/s1. The van der Waals surface area contributed by atoms with E-state index in [-0.39, 0.29) is 25.2 Å². The van der Waals surface area contributed by atoms with Crippen molar-refractivity contribution < 1.29 is 68.0 Å². The molecule has 16 atom stereocenters. The van der Waals surface area contributed by atoms with Gasteiger partial charge in [0.25, 0.3) is 0 Å². The highest BCUT2D eigenvalue weighted by Crippen LogP contribution is 2.37. The van der Waals surface area contributed by atoms with Crippen LogP contribution in [0.5, 0.6) is 0 Å². The number of methoxy groups -OCH3 is 1. The fourth-order valence-corrected chi connectivity index (χ4v) is 7.34. The van der Waals surface area contributed by atoms with E-state index < -0.39 is 110 Å². The van der Waals surface area contributed by atoms with Crippen LogP contribution in [0, 0.1) is 11.8 Å². The van der Waals surface area contributed by atoms with E-state index in [1.54, 1.807) is 58.0 Å². The molecule has 3 aliphatic rings. The first-order valence-electron chi connectivity index (χ1n) is 18.1. The second-order valence-corrected chi connectivity index (χ2v) is 14.9. The Kier molecular flexibility index (Phi) is 16.8. The molecule has 52 heavy (non-hydrogen) atoms. The molecule has 0 radical (unpaired) electrons. The highest BCUT2D eigenvalue weighted by Gasteiger charge is 2.52. The highest BCUT2D eigenvalue weighted by molar-refractivity contribution is 5.72. The van der Waals surface area contributed by atoms with Crippen molar-refractivity contribution in [2.24, 2.45) is 11.8 Å². The lowest BCUT2D eigenvalue weighted by Crippen LogP contribution is -2.65. The van der Waals surface area contributed by atoms with Crippen molar-refractivity contribution in [2.45, 2.75) is 159 Å². The summed E-state index contributed by atoms with van der Waals surface area (Å²) >= 11 is 0. The van der Waals surface area contributed by atoms with Gasteiger partial charge in [-0.1, -0.05) is 31.2 Å². The molecule has 298 valence electrons.